The average molecular weight is 271 g/mol. The minimum Gasteiger partial charge on any atom is -0.389 e. The summed E-state index contributed by atoms with van der Waals surface area (Å²) in [5.41, 5.74) is 7.20. The Balaban J connectivity index is 1.97. The molecule has 0 radical (unpaired) electrons. The number of hydrogen-bond acceptors (Lipinski definition) is 3. The standard InChI is InChI=1S/C14H13N3OS/c15-14(19)11-6-4-10(5-7-11)9-13(18)17-12-3-1-2-8-16-12/h1-8H,9H2,(H2,15,19)(H,16,17,18). The molecule has 0 bridgehead atoms. The number of nitrogens with two attached hydrogens (primary N) is 1. The summed E-state index contributed by atoms with van der Waals surface area (Å²) in [6, 6.07) is 12.7. The summed E-state index contributed by atoms with van der Waals surface area (Å²) in [6.07, 6.45) is 1.92. The first-order valence-electron chi connectivity index (χ1n) is 5.75. The van der Waals surface area contributed by atoms with Crippen molar-refractivity contribution in [1.29, 1.82) is 0 Å². The molecule has 1 amide bonds. The van der Waals surface area contributed by atoms with Gasteiger partial charge in [-0.15, -0.1) is 0 Å². The van der Waals surface area contributed by atoms with E-state index in [-0.39, 0.29) is 12.3 Å². The minimum atomic E-state index is -0.109. The Bertz CT molecular complexity index is 581. The first kappa shape index (κ1) is 13.2. The van der Waals surface area contributed by atoms with Gasteiger partial charge in [-0.1, -0.05) is 42.5 Å². The number of hydrogen-bond donors (Lipinski definition) is 2. The number of thiocarbonyl (C=S) groups is 1. The number of carbonyl (C=O) groups excluding carboxylic acids is 1. The zero-order valence-electron chi connectivity index (χ0n) is 10.2. The predicted octanol–water partition coefficient (Wildman–Crippen LogP) is 1.90. The highest BCUT2D eigenvalue weighted by atomic mass is 32.1. The molecule has 0 unspecified atom stereocenters. The molecule has 96 valence electrons. The maximum atomic E-state index is 11.8. The van der Waals surface area contributed by atoms with E-state index in [2.05, 4.69) is 10.3 Å². The smallest absolute Gasteiger partial charge is 0.229 e. The second-order valence-corrected chi connectivity index (χ2v) is 4.44. The molecule has 2 aromatic rings. The highest BCUT2D eigenvalue weighted by Crippen LogP contribution is 2.07. The number of nitrogens with zero attached hydrogens (tertiary/aromatic N) is 1. The van der Waals surface area contributed by atoms with Gasteiger partial charge in [0.2, 0.25) is 5.91 Å². The van der Waals surface area contributed by atoms with Crippen LogP contribution >= 0.6 is 12.2 Å². The van der Waals surface area contributed by atoms with E-state index in [4.69, 9.17) is 18.0 Å². The van der Waals surface area contributed by atoms with Gasteiger partial charge in [-0.05, 0) is 17.7 Å². The zero-order chi connectivity index (χ0) is 13.7. The Morgan fingerprint density at radius 1 is 1.21 bits per heavy atom. The lowest BCUT2D eigenvalue weighted by molar-refractivity contribution is -0.115. The van der Waals surface area contributed by atoms with E-state index in [9.17, 15) is 4.79 Å². The third-order valence-electron chi connectivity index (χ3n) is 2.54. The molecule has 0 saturated carbocycles. The van der Waals surface area contributed by atoms with Gasteiger partial charge < -0.3 is 11.1 Å². The number of rotatable bonds is 4. The molecule has 0 fully saturated rings. The molecule has 2 rings (SSSR count). The number of aromatic nitrogens is 1. The number of amides is 1. The fourth-order valence-electron chi connectivity index (χ4n) is 1.60. The Kier molecular flexibility index (Phi) is 4.20. The third kappa shape index (κ3) is 3.86. The molecule has 0 saturated heterocycles. The summed E-state index contributed by atoms with van der Waals surface area (Å²) in [4.78, 5) is 16.2. The second kappa shape index (κ2) is 6.06. The average Bonchev–Trinajstić information content (AvgIpc) is 2.40. The van der Waals surface area contributed by atoms with E-state index in [1.165, 1.54) is 0 Å². The SMILES string of the molecule is NC(=S)c1ccc(CC(=O)Nc2ccccn2)cc1. The highest BCUT2D eigenvalue weighted by Gasteiger charge is 2.05. The fourth-order valence-corrected chi connectivity index (χ4v) is 1.73. The third-order valence-corrected chi connectivity index (χ3v) is 2.77. The van der Waals surface area contributed by atoms with Crippen molar-refractivity contribution < 1.29 is 4.79 Å². The van der Waals surface area contributed by atoms with Gasteiger partial charge in [0.25, 0.3) is 0 Å². The van der Waals surface area contributed by atoms with Crippen LogP contribution in [0.5, 0.6) is 0 Å². The molecule has 1 aromatic heterocycles. The Hall–Kier alpha value is -2.27. The first-order valence-corrected chi connectivity index (χ1v) is 6.15. The molecule has 0 aliphatic heterocycles. The largest absolute Gasteiger partial charge is 0.389 e. The second-order valence-electron chi connectivity index (χ2n) is 4.00. The van der Waals surface area contributed by atoms with Crippen LogP contribution in [0.2, 0.25) is 0 Å². The summed E-state index contributed by atoms with van der Waals surface area (Å²) in [6.45, 7) is 0. The van der Waals surface area contributed by atoms with Crippen molar-refractivity contribution in [3.05, 3.63) is 59.8 Å². The minimum absolute atomic E-state index is 0.109. The Morgan fingerprint density at radius 3 is 2.53 bits per heavy atom. The van der Waals surface area contributed by atoms with E-state index < -0.39 is 0 Å². The van der Waals surface area contributed by atoms with Crippen molar-refractivity contribution in [3.63, 3.8) is 0 Å². The summed E-state index contributed by atoms with van der Waals surface area (Å²) in [5, 5.41) is 2.73. The van der Waals surface area contributed by atoms with Crippen molar-refractivity contribution in [2.75, 3.05) is 5.32 Å². The summed E-state index contributed by atoms with van der Waals surface area (Å²) < 4.78 is 0. The van der Waals surface area contributed by atoms with Crippen LogP contribution in [0.25, 0.3) is 0 Å². The topological polar surface area (TPSA) is 68.0 Å². The number of benzene rings is 1. The van der Waals surface area contributed by atoms with E-state index in [0.29, 0.717) is 10.8 Å². The highest BCUT2D eigenvalue weighted by molar-refractivity contribution is 7.80. The van der Waals surface area contributed by atoms with Crippen molar-refractivity contribution >= 4 is 28.9 Å². The predicted molar refractivity (Wildman–Crippen MR) is 78.9 cm³/mol. The Labute approximate surface area is 116 Å². The van der Waals surface area contributed by atoms with Crippen LogP contribution in [0.1, 0.15) is 11.1 Å². The van der Waals surface area contributed by atoms with Crippen molar-refractivity contribution in [2.45, 2.75) is 6.42 Å². The fraction of sp³-hybridized carbons (Fsp3) is 0.0714. The van der Waals surface area contributed by atoms with Gasteiger partial charge in [0.1, 0.15) is 10.8 Å². The van der Waals surface area contributed by atoms with Gasteiger partial charge in [0.15, 0.2) is 0 Å². The maximum absolute atomic E-state index is 11.8. The molecule has 3 N–H and O–H groups in total. The Morgan fingerprint density at radius 2 is 1.95 bits per heavy atom. The van der Waals surface area contributed by atoms with Gasteiger partial charge in [0, 0.05) is 11.8 Å². The molecule has 5 heteroatoms. The molecule has 19 heavy (non-hydrogen) atoms. The number of carbonyl (C=O) groups is 1. The summed E-state index contributed by atoms with van der Waals surface area (Å²) >= 11 is 4.87. The van der Waals surface area contributed by atoms with E-state index in [1.54, 1.807) is 18.3 Å². The van der Waals surface area contributed by atoms with E-state index in [1.807, 2.05) is 30.3 Å². The van der Waals surface area contributed by atoms with Gasteiger partial charge >= 0.3 is 0 Å². The normalized spacial score (nSPS) is 9.89. The van der Waals surface area contributed by atoms with Crippen LogP contribution < -0.4 is 11.1 Å². The van der Waals surface area contributed by atoms with Gasteiger partial charge in [-0.25, -0.2) is 4.98 Å². The van der Waals surface area contributed by atoms with Crippen molar-refractivity contribution in [3.8, 4) is 0 Å². The number of anilines is 1. The van der Waals surface area contributed by atoms with Crippen LogP contribution in [0.15, 0.2) is 48.7 Å². The summed E-state index contributed by atoms with van der Waals surface area (Å²) in [7, 11) is 0. The molecule has 0 spiro atoms. The number of pyridine rings is 1. The lowest BCUT2D eigenvalue weighted by Gasteiger charge is -2.05. The van der Waals surface area contributed by atoms with Crippen molar-refractivity contribution in [1.82, 2.24) is 4.98 Å². The quantitative estimate of drug-likeness (QED) is 0.833. The van der Waals surface area contributed by atoms with E-state index >= 15 is 0 Å². The van der Waals surface area contributed by atoms with Crippen LogP contribution in [0.4, 0.5) is 5.82 Å². The molecule has 0 aliphatic carbocycles. The first-order chi connectivity index (χ1) is 9.15. The molecule has 0 atom stereocenters. The van der Waals surface area contributed by atoms with Crippen LogP contribution in [0.3, 0.4) is 0 Å². The van der Waals surface area contributed by atoms with Crippen molar-refractivity contribution in [2.24, 2.45) is 5.73 Å². The summed E-state index contributed by atoms with van der Waals surface area (Å²) in [5.74, 6) is 0.439. The molecule has 1 heterocycles. The van der Waals surface area contributed by atoms with Gasteiger partial charge in [0.05, 0.1) is 6.42 Å². The lowest BCUT2D eigenvalue weighted by Crippen LogP contribution is -2.15. The lowest BCUT2D eigenvalue weighted by atomic mass is 10.1. The molecule has 1 aromatic carbocycles. The molecule has 0 aliphatic rings. The molecule has 4 nitrogen and oxygen atoms in total. The van der Waals surface area contributed by atoms with Gasteiger partial charge in [-0.3, -0.25) is 4.79 Å². The van der Waals surface area contributed by atoms with E-state index in [0.717, 1.165) is 11.1 Å². The molecular formula is C14H13N3OS. The van der Waals surface area contributed by atoms with Crippen LogP contribution in [-0.2, 0) is 11.2 Å². The number of nitrogens with one attached hydrogen (secondary N) is 1. The zero-order valence-corrected chi connectivity index (χ0v) is 11.0. The van der Waals surface area contributed by atoms with Gasteiger partial charge in [-0.2, -0.15) is 0 Å². The molecular weight excluding hydrogens is 258 g/mol. The monoisotopic (exact) mass is 271 g/mol. The maximum Gasteiger partial charge on any atom is 0.229 e. The van der Waals surface area contributed by atoms with Crippen LogP contribution in [-0.4, -0.2) is 15.9 Å². The van der Waals surface area contributed by atoms with Crippen LogP contribution in [0, 0.1) is 0 Å².